The summed E-state index contributed by atoms with van der Waals surface area (Å²) in [4.78, 5) is 20.0. The second-order valence-electron chi connectivity index (χ2n) is 4.71. The number of fused-ring (bicyclic) bond motifs is 1. The molecule has 0 aliphatic rings. The van der Waals surface area contributed by atoms with Crippen LogP contribution in [0.2, 0.25) is 0 Å². The van der Waals surface area contributed by atoms with Crippen LogP contribution in [0.4, 0.5) is 18.9 Å². The van der Waals surface area contributed by atoms with Crippen LogP contribution in [-0.4, -0.2) is 28.0 Å². The van der Waals surface area contributed by atoms with E-state index in [9.17, 15) is 18.0 Å². The summed E-state index contributed by atoms with van der Waals surface area (Å²) >= 11 is 1.08. The number of aromatic nitrogens is 2. The average Bonchev–Trinajstić information content (AvgIpc) is 2.96. The quantitative estimate of drug-likeness (QED) is 0.689. The van der Waals surface area contributed by atoms with Crippen molar-refractivity contribution in [2.75, 3.05) is 11.1 Å². The first kappa shape index (κ1) is 17.1. The van der Waals surface area contributed by atoms with E-state index in [1.165, 1.54) is 12.1 Å². The van der Waals surface area contributed by atoms with Crippen molar-refractivity contribution in [3.8, 4) is 5.75 Å². The van der Waals surface area contributed by atoms with Gasteiger partial charge in [0, 0.05) is 11.9 Å². The van der Waals surface area contributed by atoms with E-state index in [2.05, 4.69) is 20.0 Å². The van der Waals surface area contributed by atoms with Gasteiger partial charge >= 0.3 is 6.36 Å². The van der Waals surface area contributed by atoms with Crippen molar-refractivity contribution in [2.24, 2.45) is 0 Å². The molecule has 0 aliphatic carbocycles. The first-order valence-electron chi connectivity index (χ1n) is 6.89. The zero-order valence-corrected chi connectivity index (χ0v) is 13.2. The van der Waals surface area contributed by atoms with Crippen molar-refractivity contribution < 1.29 is 27.1 Å². The van der Waals surface area contributed by atoms with Gasteiger partial charge < -0.3 is 14.5 Å². The number of benzene rings is 1. The molecule has 1 N–H and O–H groups in total. The highest BCUT2D eigenvalue weighted by Gasteiger charge is 2.30. The number of hydrogen-bond acceptors (Lipinski definition) is 6. The summed E-state index contributed by atoms with van der Waals surface area (Å²) in [6.45, 7) is 0. The van der Waals surface area contributed by atoms with Crippen LogP contribution in [-0.2, 0) is 4.79 Å². The van der Waals surface area contributed by atoms with Gasteiger partial charge in [-0.15, -0.1) is 13.2 Å². The van der Waals surface area contributed by atoms with Crippen LogP contribution in [0.1, 0.15) is 0 Å². The number of oxazole rings is 1. The molecule has 0 bridgehead atoms. The number of halogens is 3. The summed E-state index contributed by atoms with van der Waals surface area (Å²) in [6, 6.07) is 8.27. The molecule has 3 aromatic rings. The van der Waals surface area contributed by atoms with Crippen LogP contribution < -0.4 is 10.1 Å². The molecule has 0 atom stereocenters. The molecular formula is C15H10F3N3O3S. The molecule has 0 saturated carbocycles. The molecule has 0 saturated heterocycles. The molecule has 6 nitrogen and oxygen atoms in total. The molecule has 1 aromatic carbocycles. The molecule has 0 radical (unpaired) electrons. The Balaban J connectivity index is 1.53. The normalized spacial score (nSPS) is 11.5. The van der Waals surface area contributed by atoms with Crippen molar-refractivity contribution in [1.29, 1.82) is 0 Å². The van der Waals surface area contributed by atoms with E-state index in [1.54, 1.807) is 18.3 Å². The Morgan fingerprint density at radius 1 is 1.24 bits per heavy atom. The Bertz CT molecular complexity index is 848. The van der Waals surface area contributed by atoms with Gasteiger partial charge in [-0.2, -0.15) is 4.98 Å². The summed E-state index contributed by atoms with van der Waals surface area (Å²) in [7, 11) is 0. The molecule has 2 heterocycles. The number of ether oxygens (including phenoxy) is 1. The summed E-state index contributed by atoms with van der Waals surface area (Å²) in [5, 5.41) is 2.86. The Labute approximate surface area is 143 Å². The highest BCUT2D eigenvalue weighted by atomic mass is 32.2. The highest BCUT2D eigenvalue weighted by molar-refractivity contribution is 7.99. The largest absolute Gasteiger partial charge is 0.573 e. The van der Waals surface area contributed by atoms with Gasteiger partial charge in [-0.3, -0.25) is 4.79 Å². The fraction of sp³-hybridized carbons (Fsp3) is 0.133. The molecule has 25 heavy (non-hydrogen) atoms. The summed E-state index contributed by atoms with van der Waals surface area (Å²) < 4.78 is 45.4. The number of rotatable bonds is 5. The zero-order valence-electron chi connectivity index (χ0n) is 12.4. The Hall–Kier alpha value is -2.75. The second kappa shape index (κ2) is 7.01. The SMILES string of the molecule is O=C(CSc1nc2ncccc2o1)Nc1ccc(OC(F)(F)F)cc1. The Kier molecular flexibility index (Phi) is 4.79. The van der Waals surface area contributed by atoms with E-state index < -0.39 is 6.36 Å². The molecular weight excluding hydrogens is 359 g/mol. The van der Waals surface area contributed by atoms with Gasteiger partial charge in [0.1, 0.15) is 5.75 Å². The molecule has 130 valence electrons. The third kappa shape index (κ3) is 4.86. The number of nitrogens with one attached hydrogen (secondary N) is 1. The molecule has 1 amide bonds. The van der Waals surface area contributed by atoms with Gasteiger partial charge in [0.25, 0.3) is 5.22 Å². The van der Waals surface area contributed by atoms with E-state index in [-0.39, 0.29) is 17.4 Å². The van der Waals surface area contributed by atoms with Crippen LogP contribution in [0, 0.1) is 0 Å². The third-order valence-electron chi connectivity index (χ3n) is 2.84. The molecule has 0 aliphatic heterocycles. The maximum Gasteiger partial charge on any atom is 0.573 e. The highest BCUT2D eigenvalue weighted by Crippen LogP contribution is 2.25. The van der Waals surface area contributed by atoms with Crippen molar-refractivity contribution >= 4 is 34.6 Å². The van der Waals surface area contributed by atoms with Gasteiger partial charge in [-0.1, -0.05) is 11.8 Å². The second-order valence-corrected chi connectivity index (χ2v) is 5.64. The number of carbonyl (C=O) groups excluding carboxylic acids is 1. The van der Waals surface area contributed by atoms with E-state index in [4.69, 9.17) is 4.42 Å². The van der Waals surface area contributed by atoms with Crippen LogP contribution in [0.3, 0.4) is 0 Å². The number of nitrogens with zero attached hydrogens (tertiary/aromatic N) is 2. The standard InChI is InChI=1S/C15H10F3N3O3S/c16-15(17,18)24-10-5-3-9(4-6-10)20-12(22)8-25-14-21-13-11(23-14)2-1-7-19-13/h1-7H,8H2,(H,20,22). The maximum absolute atomic E-state index is 12.1. The van der Waals surface area contributed by atoms with Gasteiger partial charge in [0.15, 0.2) is 11.2 Å². The molecule has 0 spiro atoms. The van der Waals surface area contributed by atoms with E-state index >= 15 is 0 Å². The van der Waals surface area contributed by atoms with E-state index in [0.717, 1.165) is 23.9 Å². The van der Waals surface area contributed by atoms with Gasteiger partial charge in [-0.05, 0) is 36.4 Å². The van der Waals surface area contributed by atoms with Gasteiger partial charge in [0.05, 0.1) is 5.75 Å². The Morgan fingerprint density at radius 2 is 2.00 bits per heavy atom. The number of anilines is 1. The lowest BCUT2D eigenvalue weighted by atomic mass is 10.3. The first-order valence-corrected chi connectivity index (χ1v) is 7.88. The van der Waals surface area contributed by atoms with Crippen molar-refractivity contribution in [3.63, 3.8) is 0 Å². The van der Waals surface area contributed by atoms with E-state index in [1.807, 2.05) is 0 Å². The zero-order chi connectivity index (χ0) is 17.9. The average molecular weight is 369 g/mol. The van der Waals surface area contributed by atoms with Crippen LogP contribution in [0.15, 0.2) is 52.2 Å². The summed E-state index contributed by atoms with van der Waals surface area (Å²) in [5.74, 6) is -0.697. The fourth-order valence-corrected chi connectivity index (χ4v) is 2.50. The van der Waals surface area contributed by atoms with Crippen molar-refractivity contribution in [3.05, 3.63) is 42.6 Å². The van der Waals surface area contributed by atoms with Crippen molar-refractivity contribution in [1.82, 2.24) is 9.97 Å². The lowest BCUT2D eigenvalue weighted by Gasteiger charge is -2.09. The Morgan fingerprint density at radius 3 is 2.68 bits per heavy atom. The molecule has 2 aromatic heterocycles. The molecule has 3 rings (SSSR count). The fourth-order valence-electron chi connectivity index (χ4n) is 1.88. The molecule has 10 heteroatoms. The van der Waals surface area contributed by atoms with Crippen LogP contribution in [0.25, 0.3) is 11.2 Å². The number of carbonyl (C=O) groups is 1. The van der Waals surface area contributed by atoms with Crippen LogP contribution in [0.5, 0.6) is 5.75 Å². The van der Waals surface area contributed by atoms with Gasteiger partial charge in [-0.25, -0.2) is 4.98 Å². The van der Waals surface area contributed by atoms with E-state index in [0.29, 0.717) is 22.1 Å². The predicted molar refractivity (Wildman–Crippen MR) is 84.3 cm³/mol. The number of thioether (sulfide) groups is 1. The predicted octanol–water partition coefficient (Wildman–Crippen LogP) is 3.85. The van der Waals surface area contributed by atoms with Crippen LogP contribution >= 0.6 is 11.8 Å². The topological polar surface area (TPSA) is 77.2 Å². The minimum atomic E-state index is -4.75. The third-order valence-corrected chi connectivity index (χ3v) is 3.67. The smallest absolute Gasteiger partial charge is 0.430 e. The summed E-state index contributed by atoms with van der Waals surface area (Å²) in [5.41, 5.74) is 1.32. The maximum atomic E-state index is 12.1. The minimum Gasteiger partial charge on any atom is -0.430 e. The number of alkyl halides is 3. The first-order chi connectivity index (χ1) is 11.9. The lowest BCUT2D eigenvalue weighted by Crippen LogP contribution is -2.17. The number of hydrogen-bond donors (Lipinski definition) is 1. The monoisotopic (exact) mass is 369 g/mol. The minimum absolute atomic E-state index is 0.0215. The molecule has 0 unspecified atom stereocenters. The number of amides is 1. The van der Waals surface area contributed by atoms with Gasteiger partial charge in [0.2, 0.25) is 5.91 Å². The van der Waals surface area contributed by atoms with Crippen molar-refractivity contribution in [2.45, 2.75) is 11.6 Å². The summed E-state index contributed by atoms with van der Waals surface area (Å²) in [6.07, 6.45) is -3.17. The molecule has 0 fully saturated rings. The lowest BCUT2D eigenvalue weighted by molar-refractivity contribution is -0.274. The number of pyridine rings is 1.